The van der Waals surface area contributed by atoms with Crippen molar-refractivity contribution in [3.05, 3.63) is 35.9 Å². The summed E-state index contributed by atoms with van der Waals surface area (Å²) in [4.78, 5) is 0. The standard InChI is InChI=1S/C20H34O/c1-3-4-5-6-7-8-9-10-11-15-18-20(21-2)19-16-13-12-14-17-19/h12-14,16-17,20H,3-11,15,18H2,1-2H3. The maximum absolute atomic E-state index is 5.62. The largest absolute Gasteiger partial charge is 0.377 e. The quantitative estimate of drug-likeness (QED) is 0.368. The third-order valence-corrected chi connectivity index (χ3v) is 4.28. The Labute approximate surface area is 132 Å². The zero-order chi connectivity index (χ0) is 15.2. The first-order valence-electron chi connectivity index (χ1n) is 8.96. The number of ether oxygens (including phenoxy) is 1. The molecule has 1 rings (SSSR count). The minimum absolute atomic E-state index is 0.278. The van der Waals surface area contributed by atoms with Gasteiger partial charge in [0.15, 0.2) is 0 Å². The van der Waals surface area contributed by atoms with E-state index >= 15 is 0 Å². The van der Waals surface area contributed by atoms with E-state index in [2.05, 4.69) is 37.3 Å². The third kappa shape index (κ3) is 8.93. The molecule has 0 aromatic heterocycles. The average molecular weight is 290 g/mol. The summed E-state index contributed by atoms with van der Waals surface area (Å²) in [6.07, 6.45) is 15.4. The van der Waals surface area contributed by atoms with E-state index in [4.69, 9.17) is 4.74 Å². The van der Waals surface area contributed by atoms with Crippen molar-refractivity contribution in [2.75, 3.05) is 7.11 Å². The van der Waals surface area contributed by atoms with Crippen LogP contribution in [-0.4, -0.2) is 7.11 Å². The van der Waals surface area contributed by atoms with Crippen molar-refractivity contribution >= 4 is 0 Å². The summed E-state index contributed by atoms with van der Waals surface area (Å²) in [5.41, 5.74) is 1.32. The number of rotatable bonds is 13. The fourth-order valence-electron chi connectivity index (χ4n) is 2.91. The van der Waals surface area contributed by atoms with Crippen molar-refractivity contribution in [2.24, 2.45) is 0 Å². The van der Waals surface area contributed by atoms with Crippen LogP contribution in [0.25, 0.3) is 0 Å². The molecular weight excluding hydrogens is 256 g/mol. The van der Waals surface area contributed by atoms with Crippen LogP contribution in [-0.2, 0) is 4.74 Å². The van der Waals surface area contributed by atoms with Crippen molar-refractivity contribution < 1.29 is 4.74 Å². The highest BCUT2D eigenvalue weighted by Gasteiger charge is 2.08. The topological polar surface area (TPSA) is 9.23 Å². The van der Waals surface area contributed by atoms with Crippen molar-refractivity contribution in [3.8, 4) is 0 Å². The number of unbranched alkanes of at least 4 members (excludes halogenated alkanes) is 9. The molecule has 1 unspecified atom stereocenters. The monoisotopic (exact) mass is 290 g/mol. The first-order chi connectivity index (χ1) is 10.4. The molecule has 21 heavy (non-hydrogen) atoms. The van der Waals surface area contributed by atoms with Gasteiger partial charge in [0.25, 0.3) is 0 Å². The van der Waals surface area contributed by atoms with Crippen molar-refractivity contribution in [1.82, 2.24) is 0 Å². The van der Waals surface area contributed by atoms with E-state index in [1.165, 1.54) is 69.8 Å². The summed E-state index contributed by atoms with van der Waals surface area (Å²) in [6.45, 7) is 2.28. The highest BCUT2D eigenvalue weighted by Crippen LogP contribution is 2.23. The van der Waals surface area contributed by atoms with Crippen LogP contribution in [0.5, 0.6) is 0 Å². The molecule has 1 aromatic rings. The maximum atomic E-state index is 5.62. The Balaban J connectivity index is 1.98. The van der Waals surface area contributed by atoms with E-state index in [-0.39, 0.29) is 6.10 Å². The predicted octanol–water partition coefficient (Wildman–Crippen LogP) is 6.69. The van der Waals surface area contributed by atoms with Crippen LogP contribution in [0.3, 0.4) is 0 Å². The molecule has 0 saturated carbocycles. The van der Waals surface area contributed by atoms with Gasteiger partial charge in [-0.05, 0) is 12.0 Å². The first kappa shape index (κ1) is 18.2. The predicted molar refractivity (Wildman–Crippen MR) is 92.7 cm³/mol. The van der Waals surface area contributed by atoms with Crippen LogP contribution in [0.4, 0.5) is 0 Å². The molecule has 120 valence electrons. The van der Waals surface area contributed by atoms with E-state index < -0.39 is 0 Å². The van der Waals surface area contributed by atoms with Gasteiger partial charge in [-0.3, -0.25) is 0 Å². The molecule has 0 N–H and O–H groups in total. The molecule has 1 nitrogen and oxygen atoms in total. The smallest absolute Gasteiger partial charge is 0.0821 e. The van der Waals surface area contributed by atoms with Crippen LogP contribution < -0.4 is 0 Å². The van der Waals surface area contributed by atoms with E-state index in [0.717, 1.165) is 6.42 Å². The molecule has 0 radical (unpaired) electrons. The molecule has 0 aliphatic rings. The van der Waals surface area contributed by atoms with E-state index in [9.17, 15) is 0 Å². The van der Waals surface area contributed by atoms with Crippen LogP contribution >= 0.6 is 0 Å². The van der Waals surface area contributed by atoms with Gasteiger partial charge in [0.05, 0.1) is 6.10 Å². The van der Waals surface area contributed by atoms with E-state index in [1.807, 2.05) is 7.11 Å². The average Bonchev–Trinajstić information content (AvgIpc) is 2.54. The fourth-order valence-corrected chi connectivity index (χ4v) is 2.91. The molecule has 1 atom stereocenters. The molecule has 0 amide bonds. The minimum atomic E-state index is 0.278. The number of methoxy groups -OCH3 is 1. The molecule has 0 aliphatic carbocycles. The Morgan fingerprint density at radius 3 is 1.81 bits per heavy atom. The van der Waals surface area contributed by atoms with Gasteiger partial charge in [0, 0.05) is 7.11 Å². The molecule has 0 heterocycles. The zero-order valence-electron chi connectivity index (χ0n) is 14.2. The summed E-state index contributed by atoms with van der Waals surface area (Å²) >= 11 is 0. The Morgan fingerprint density at radius 2 is 1.29 bits per heavy atom. The summed E-state index contributed by atoms with van der Waals surface area (Å²) in [7, 11) is 1.83. The van der Waals surface area contributed by atoms with E-state index in [0.29, 0.717) is 0 Å². The van der Waals surface area contributed by atoms with Gasteiger partial charge in [-0.25, -0.2) is 0 Å². The Morgan fingerprint density at radius 1 is 0.762 bits per heavy atom. The third-order valence-electron chi connectivity index (χ3n) is 4.28. The van der Waals surface area contributed by atoms with Gasteiger partial charge in [-0.1, -0.05) is 101 Å². The SMILES string of the molecule is CCCCCCCCCCCCC(OC)c1ccccc1. The van der Waals surface area contributed by atoms with E-state index in [1.54, 1.807) is 0 Å². The lowest BCUT2D eigenvalue weighted by molar-refractivity contribution is 0.0931. The molecule has 1 aromatic carbocycles. The number of hydrogen-bond donors (Lipinski definition) is 0. The normalized spacial score (nSPS) is 12.5. The summed E-state index contributed by atoms with van der Waals surface area (Å²) in [6, 6.07) is 10.6. The molecule has 1 heteroatoms. The second-order valence-electron chi connectivity index (χ2n) is 6.11. The molecule has 0 aliphatic heterocycles. The Hall–Kier alpha value is -0.820. The van der Waals surface area contributed by atoms with Gasteiger partial charge in [0.2, 0.25) is 0 Å². The molecule has 0 fully saturated rings. The number of benzene rings is 1. The summed E-state index contributed by atoms with van der Waals surface area (Å²) < 4.78 is 5.62. The van der Waals surface area contributed by atoms with Crippen LogP contribution in [0.2, 0.25) is 0 Å². The molecule has 0 bridgehead atoms. The Kier molecular flexibility index (Phi) is 11.2. The van der Waals surface area contributed by atoms with Gasteiger partial charge in [-0.2, -0.15) is 0 Å². The fraction of sp³-hybridized carbons (Fsp3) is 0.700. The number of hydrogen-bond acceptors (Lipinski definition) is 1. The van der Waals surface area contributed by atoms with Crippen molar-refractivity contribution in [3.63, 3.8) is 0 Å². The summed E-state index contributed by atoms with van der Waals surface area (Å²) in [5.74, 6) is 0. The summed E-state index contributed by atoms with van der Waals surface area (Å²) in [5, 5.41) is 0. The van der Waals surface area contributed by atoms with Gasteiger partial charge in [-0.15, -0.1) is 0 Å². The van der Waals surface area contributed by atoms with Gasteiger partial charge in [0.1, 0.15) is 0 Å². The maximum Gasteiger partial charge on any atom is 0.0821 e. The Bertz CT molecular complexity index is 320. The molecular formula is C20H34O. The van der Waals surface area contributed by atoms with Crippen LogP contribution in [0.1, 0.15) is 89.2 Å². The minimum Gasteiger partial charge on any atom is -0.377 e. The van der Waals surface area contributed by atoms with Crippen LogP contribution in [0, 0.1) is 0 Å². The highest BCUT2D eigenvalue weighted by atomic mass is 16.5. The lowest BCUT2D eigenvalue weighted by atomic mass is 10.0. The lowest BCUT2D eigenvalue weighted by Gasteiger charge is -2.15. The van der Waals surface area contributed by atoms with Crippen molar-refractivity contribution in [2.45, 2.75) is 83.7 Å². The van der Waals surface area contributed by atoms with Crippen LogP contribution in [0.15, 0.2) is 30.3 Å². The molecule has 0 spiro atoms. The van der Waals surface area contributed by atoms with Gasteiger partial charge >= 0.3 is 0 Å². The second-order valence-corrected chi connectivity index (χ2v) is 6.11. The van der Waals surface area contributed by atoms with Crippen molar-refractivity contribution in [1.29, 1.82) is 0 Å². The lowest BCUT2D eigenvalue weighted by Crippen LogP contribution is -2.01. The highest BCUT2D eigenvalue weighted by molar-refractivity contribution is 5.17. The molecule has 0 saturated heterocycles. The second kappa shape index (κ2) is 12.9. The zero-order valence-corrected chi connectivity index (χ0v) is 14.2. The first-order valence-corrected chi connectivity index (χ1v) is 8.96. The van der Waals surface area contributed by atoms with Gasteiger partial charge < -0.3 is 4.74 Å².